The Kier molecular flexibility index (Phi) is 3.62. The van der Waals surface area contributed by atoms with E-state index in [9.17, 15) is 4.79 Å². The van der Waals surface area contributed by atoms with E-state index in [2.05, 4.69) is 15.5 Å². The number of nitrogens with two attached hydrogens (primary N) is 1. The van der Waals surface area contributed by atoms with Crippen molar-refractivity contribution in [2.75, 3.05) is 5.32 Å². The van der Waals surface area contributed by atoms with Gasteiger partial charge in [0.15, 0.2) is 0 Å². The van der Waals surface area contributed by atoms with E-state index in [0.717, 1.165) is 16.6 Å². The molecule has 0 aliphatic carbocycles. The summed E-state index contributed by atoms with van der Waals surface area (Å²) in [6.07, 6.45) is 2.42. The molecule has 0 saturated carbocycles. The van der Waals surface area contributed by atoms with E-state index in [1.807, 2.05) is 32.0 Å². The van der Waals surface area contributed by atoms with E-state index in [1.165, 1.54) is 0 Å². The van der Waals surface area contributed by atoms with Gasteiger partial charge in [0.2, 0.25) is 5.91 Å². The van der Waals surface area contributed by atoms with Crippen LogP contribution in [0.25, 0.3) is 10.9 Å². The van der Waals surface area contributed by atoms with Gasteiger partial charge in [0.05, 0.1) is 17.8 Å². The zero-order chi connectivity index (χ0) is 13.1. The normalized spacial score (nSPS) is 12.9. The third kappa shape index (κ3) is 2.87. The van der Waals surface area contributed by atoms with Crippen molar-refractivity contribution in [2.45, 2.75) is 26.3 Å². The Labute approximate surface area is 106 Å². The average molecular weight is 246 g/mol. The third-order valence-electron chi connectivity index (χ3n) is 2.77. The van der Waals surface area contributed by atoms with Crippen LogP contribution in [-0.4, -0.2) is 22.1 Å². The van der Waals surface area contributed by atoms with Crippen molar-refractivity contribution >= 4 is 22.5 Å². The molecule has 18 heavy (non-hydrogen) atoms. The summed E-state index contributed by atoms with van der Waals surface area (Å²) in [6.45, 7) is 4.09. The smallest absolute Gasteiger partial charge is 0.241 e. The minimum Gasteiger partial charge on any atom is -0.325 e. The third-order valence-corrected chi connectivity index (χ3v) is 2.77. The second-order valence-electron chi connectivity index (χ2n) is 4.90. The lowest BCUT2D eigenvalue weighted by Crippen LogP contribution is -2.36. The molecule has 2 aromatic rings. The number of hydrogen-bond acceptors (Lipinski definition) is 3. The van der Waals surface area contributed by atoms with Crippen LogP contribution in [0.4, 0.5) is 5.69 Å². The molecule has 4 N–H and O–H groups in total. The Balaban J connectivity index is 2.06. The highest BCUT2D eigenvalue weighted by atomic mass is 16.2. The van der Waals surface area contributed by atoms with E-state index in [-0.39, 0.29) is 5.91 Å². The van der Waals surface area contributed by atoms with Gasteiger partial charge >= 0.3 is 0 Å². The monoisotopic (exact) mass is 246 g/mol. The molecule has 0 spiro atoms. The number of H-pyrrole nitrogens is 1. The molecular formula is C13H18N4O. The van der Waals surface area contributed by atoms with Crippen LogP contribution in [0.3, 0.4) is 0 Å². The number of fused-ring (bicyclic) bond motifs is 1. The number of aromatic amines is 1. The molecule has 1 heterocycles. The lowest BCUT2D eigenvalue weighted by molar-refractivity contribution is -0.117. The molecule has 0 radical (unpaired) electrons. The Hall–Kier alpha value is -1.88. The van der Waals surface area contributed by atoms with Gasteiger partial charge in [-0.15, -0.1) is 0 Å². The molecule has 5 heteroatoms. The number of aromatic nitrogens is 2. The highest BCUT2D eigenvalue weighted by molar-refractivity contribution is 5.96. The highest BCUT2D eigenvalue weighted by Gasteiger charge is 2.15. The Bertz CT molecular complexity index is 547. The summed E-state index contributed by atoms with van der Waals surface area (Å²) in [4.78, 5) is 11.9. The predicted molar refractivity (Wildman–Crippen MR) is 72.2 cm³/mol. The molecule has 1 aromatic heterocycles. The summed E-state index contributed by atoms with van der Waals surface area (Å²) in [5.74, 6) is 0.253. The van der Waals surface area contributed by atoms with Crippen LogP contribution < -0.4 is 11.1 Å². The number of hydrogen-bond donors (Lipinski definition) is 3. The molecule has 5 nitrogen and oxygen atoms in total. The second-order valence-corrected chi connectivity index (χ2v) is 4.90. The van der Waals surface area contributed by atoms with Crippen molar-refractivity contribution in [3.05, 3.63) is 24.4 Å². The van der Waals surface area contributed by atoms with Crippen LogP contribution in [-0.2, 0) is 4.79 Å². The van der Waals surface area contributed by atoms with E-state index in [1.54, 1.807) is 6.20 Å². The Morgan fingerprint density at radius 2 is 2.28 bits per heavy atom. The highest BCUT2D eigenvalue weighted by Crippen LogP contribution is 2.17. The molecule has 0 bridgehead atoms. The van der Waals surface area contributed by atoms with Gasteiger partial charge in [-0.1, -0.05) is 13.8 Å². The van der Waals surface area contributed by atoms with Crippen molar-refractivity contribution in [3.8, 4) is 0 Å². The van der Waals surface area contributed by atoms with Gasteiger partial charge in [0.25, 0.3) is 0 Å². The summed E-state index contributed by atoms with van der Waals surface area (Å²) >= 11 is 0. The first kappa shape index (κ1) is 12.6. The molecule has 0 saturated heterocycles. The van der Waals surface area contributed by atoms with Gasteiger partial charge < -0.3 is 11.1 Å². The Morgan fingerprint density at radius 1 is 1.50 bits per heavy atom. The fourth-order valence-corrected chi connectivity index (χ4v) is 1.86. The number of anilines is 1. The lowest BCUT2D eigenvalue weighted by Gasteiger charge is -2.14. The van der Waals surface area contributed by atoms with Gasteiger partial charge in [-0.3, -0.25) is 9.89 Å². The molecule has 0 fully saturated rings. The zero-order valence-electron chi connectivity index (χ0n) is 10.6. The van der Waals surface area contributed by atoms with Crippen molar-refractivity contribution in [1.82, 2.24) is 10.2 Å². The maximum Gasteiger partial charge on any atom is 0.241 e. The summed E-state index contributed by atoms with van der Waals surface area (Å²) in [5.41, 5.74) is 7.45. The number of benzene rings is 1. The summed E-state index contributed by atoms with van der Waals surface area (Å²) in [5, 5.41) is 10.6. The second kappa shape index (κ2) is 5.18. The first-order valence-electron chi connectivity index (χ1n) is 6.06. The topological polar surface area (TPSA) is 83.8 Å². The molecule has 0 aliphatic rings. The minimum absolute atomic E-state index is 0.150. The van der Waals surface area contributed by atoms with Gasteiger partial charge in [-0.2, -0.15) is 5.10 Å². The molecule has 1 atom stereocenters. The van der Waals surface area contributed by atoms with Crippen molar-refractivity contribution in [1.29, 1.82) is 0 Å². The number of carbonyl (C=O) groups is 1. The number of rotatable bonds is 4. The van der Waals surface area contributed by atoms with E-state index in [4.69, 9.17) is 5.73 Å². The molecule has 1 aromatic carbocycles. The first-order chi connectivity index (χ1) is 8.56. The summed E-state index contributed by atoms with van der Waals surface area (Å²) in [7, 11) is 0. The van der Waals surface area contributed by atoms with Crippen molar-refractivity contribution < 1.29 is 4.79 Å². The Morgan fingerprint density at radius 3 is 3.00 bits per heavy atom. The quantitative estimate of drug-likeness (QED) is 0.770. The largest absolute Gasteiger partial charge is 0.325 e. The first-order valence-corrected chi connectivity index (χ1v) is 6.06. The molecule has 96 valence electrons. The molecule has 0 aliphatic heterocycles. The van der Waals surface area contributed by atoms with Crippen LogP contribution in [0, 0.1) is 5.92 Å². The van der Waals surface area contributed by atoms with Gasteiger partial charge in [0, 0.05) is 11.1 Å². The minimum atomic E-state index is -0.470. The maximum atomic E-state index is 11.9. The van der Waals surface area contributed by atoms with E-state index in [0.29, 0.717) is 12.3 Å². The van der Waals surface area contributed by atoms with Crippen LogP contribution in [0.5, 0.6) is 0 Å². The summed E-state index contributed by atoms with van der Waals surface area (Å²) in [6, 6.07) is 5.13. The maximum absolute atomic E-state index is 11.9. The number of nitrogens with one attached hydrogen (secondary N) is 2. The van der Waals surface area contributed by atoms with Gasteiger partial charge in [-0.25, -0.2) is 0 Å². The average Bonchev–Trinajstić information content (AvgIpc) is 2.75. The molecule has 1 amide bonds. The molecule has 2 rings (SSSR count). The number of carbonyl (C=O) groups excluding carboxylic acids is 1. The number of nitrogens with zero attached hydrogens (tertiary/aromatic N) is 1. The fraction of sp³-hybridized carbons (Fsp3) is 0.385. The van der Waals surface area contributed by atoms with Crippen molar-refractivity contribution in [3.63, 3.8) is 0 Å². The fourth-order valence-electron chi connectivity index (χ4n) is 1.86. The molecule has 0 unspecified atom stereocenters. The standard InChI is InChI=1S/C13H18N4O/c1-8(2)5-11(14)13(18)16-10-4-3-9-7-15-17-12(9)6-10/h3-4,6-8,11H,5,14H2,1-2H3,(H,15,17)(H,16,18)/t11-/m0/s1. The van der Waals surface area contributed by atoms with Crippen LogP contribution in [0.1, 0.15) is 20.3 Å². The van der Waals surface area contributed by atoms with Gasteiger partial charge in [0.1, 0.15) is 0 Å². The van der Waals surface area contributed by atoms with Crippen LogP contribution >= 0.6 is 0 Å². The van der Waals surface area contributed by atoms with Crippen LogP contribution in [0.2, 0.25) is 0 Å². The van der Waals surface area contributed by atoms with E-state index >= 15 is 0 Å². The van der Waals surface area contributed by atoms with Crippen LogP contribution in [0.15, 0.2) is 24.4 Å². The SMILES string of the molecule is CC(C)C[C@H](N)C(=O)Nc1ccc2cn[nH]c2c1. The summed E-state index contributed by atoms with van der Waals surface area (Å²) < 4.78 is 0. The van der Waals surface area contributed by atoms with Gasteiger partial charge in [-0.05, 0) is 30.5 Å². The van der Waals surface area contributed by atoms with E-state index < -0.39 is 6.04 Å². The number of amides is 1. The molecular weight excluding hydrogens is 228 g/mol. The van der Waals surface area contributed by atoms with Crippen molar-refractivity contribution in [2.24, 2.45) is 11.7 Å². The predicted octanol–water partition coefficient (Wildman–Crippen LogP) is 1.87. The lowest BCUT2D eigenvalue weighted by atomic mass is 10.0. The zero-order valence-corrected chi connectivity index (χ0v) is 10.6.